The van der Waals surface area contributed by atoms with Gasteiger partial charge in [0.15, 0.2) is 12.4 Å². The number of rotatable bonds is 10. The first kappa shape index (κ1) is 22.1. The summed E-state index contributed by atoms with van der Waals surface area (Å²) in [5.74, 6) is -0.974. The van der Waals surface area contributed by atoms with Crippen LogP contribution in [-0.2, 0) is 14.3 Å². The normalized spacial score (nSPS) is 11.2. The minimum absolute atomic E-state index is 0.0388. The summed E-state index contributed by atoms with van der Waals surface area (Å²) in [6.07, 6.45) is 0.528. The SMILES string of the molecule is CCOc1ccc(C(=O)CCC(=O)OCC(=O)NC(=O)N[C@H](C)CC)cc1. The fraction of sp³-hybridized carbons (Fsp3) is 0.474. The van der Waals surface area contributed by atoms with Gasteiger partial charge in [0.2, 0.25) is 0 Å². The lowest BCUT2D eigenvalue weighted by atomic mass is 10.1. The van der Waals surface area contributed by atoms with Crippen molar-refractivity contribution in [3.05, 3.63) is 29.8 Å². The second-order valence-electron chi connectivity index (χ2n) is 5.87. The van der Waals surface area contributed by atoms with Crippen molar-refractivity contribution in [1.82, 2.24) is 10.6 Å². The zero-order valence-corrected chi connectivity index (χ0v) is 15.9. The molecule has 0 bridgehead atoms. The van der Waals surface area contributed by atoms with Gasteiger partial charge in [-0.25, -0.2) is 4.79 Å². The molecule has 0 aliphatic rings. The van der Waals surface area contributed by atoms with Crippen molar-refractivity contribution in [1.29, 1.82) is 0 Å². The molecule has 8 heteroatoms. The number of nitrogens with one attached hydrogen (secondary N) is 2. The van der Waals surface area contributed by atoms with E-state index in [4.69, 9.17) is 9.47 Å². The van der Waals surface area contributed by atoms with E-state index in [2.05, 4.69) is 10.6 Å². The lowest BCUT2D eigenvalue weighted by molar-refractivity contribution is -0.148. The van der Waals surface area contributed by atoms with E-state index in [1.165, 1.54) is 0 Å². The maximum Gasteiger partial charge on any atom is 0.321 e. The summed E-state index contributed by atoms with van der Waals surface area (Å²) < 4.78 is 10.1. The lowest BCUT2D eigenvalue weighted by Crippen LogP contribution is -2.44. The van der Waals surface area contributed by atoms with Gasteiger partial charge >= 0.3 is 12.0 Å². The van der Waals surface area contributed by atoms with Crippen molar-refractivity contribution in [3.8, 4) is 5.75 Å². The molecule has 2 N–H and O–H groups in total. The zero-order chi connectivity index (χ0) is 20.2. The Hall–Kier alpha value is -2.90. The Morgan fingerprint density at radius 3 is 2.30 bits per heavy atom. The number of urea groups is 1. The van der Waals surface area contributed by atoms with Crippen LogP contribution in [0, 0.1) is 0 Å². The van der Waals surface area contributed by atoms with E-state index in [1.54, 1.807) is 31.2 Å². The van der Waals surface area contributed by atoms with Gasteiger partial charge in [0.1, 0.15) is 5.75 Å². The Morgan fingerprint density at radius 2 is 1.70 bits per heavy atom. The number of ether oxygens (including phenoxy) is 2. The Labute approximate surface area is 158 Å². The number of Topliss-reactive ketones (excluding diaryl/α,β-unsaturated/α-hetero) is 1. The molecule has 1 rings (SSSR count). The van der Waals surface area contributed by atoms with E-state index < -0.39 is 24.5 Å². The lowest BCUT2D eigenvalue weighted by Gasteiger charge is -2.11. The third-order valence-electron chi connectivity index (χ3n) is 3.65. The minimum Gasteiger partial charge on any atom is -0.494 e. The zero-order valence-electron chi connectivity index (χ0n) is 15.9. The predicted octanol–water partition coefficient (Wildman–Crippen LogP) is 2.22. The van der Waals surface area contributed by atoms with Crippen LogP contribution in [0.2, 0.25) is 0 Å². The van der Waals surface area contributed by atoms with Gasteiger partial charge in [-0.1, -0.05) is 6.92 Å². The highest BCUT2D eigenvalue weighted by Crippen LogP contribution is 2.14. The molecule has 8 nitrogen and oxygen atoms in total. The van der Waals surface area contributed by atoms with Crippen LogP contribution in [0.3, 0.4) is 0 Å². The monoisotopic (exact) mass is 378 g/mol. The molecule has 1 aromatic rings. The van der Waals surface area contributed by atoms with Gasteiger partial charge in [-0.2, -0.15) is 0 Å². The largest absolute Gasteiger partial charge is 0.494 e. The quantitative estimate of drug-likeness (QED) is 0.477. The van der Waals surface area contributed by atoms with E-state index in [-0.39, 0.29) is 24.7 Å². The van der Waals surface area contributed by atoms with Crippen molar-refractivity contribution in [2.75, 3.05) is 13.2 Å². The van der Waals surface area contributed by atoms with Crippen LogP contribution < -0.4 is 15.4 Å². The average molecular weight is 378 g/mol. The predicted molar refractivity (Wildman–Crippen MR) is 98.6 cm³/mol. The molecular weight excluding hydrogens is 352 g/mol. The van der Waals surface area contributed by atoms with Crippen LogP contribution in [0.5, 0.6) is 5.75 Å². The topological polar surface area (TPSA) is 111 Å². The number of esters is 1. The smallest absolute Gasteiger partial charge is 0.321 e. The van der Waals surface area contributed by atoms with Crippen molar-refractivity contribution in [2.45, 2.75) is 46.1 Å². The van der Waals surface area contributed by atoms with Crippen LogP contribution in [0.4, 0.5) is 4.79 Å². The molecule has 0 aromatic heterocycles. The van der Waals surface area contributed by atoms with Gasteiger partial charge in [0.05, 0.1) is 13.0 Å². The summed E-state index contributed by atoms with van der Waals surface area (Å²) in [6, 6.07) is 5.91. The molecular formula is C19H26N2O6. The van der Waals surface area contributed by atoms with Crippen molar-refractivity contribution in [2.24, 2.45) is 0 Å². The van der Waals surface area contributed by atoms with Crippen molar-refractivity contribution >= 4 is 23.7 Å². The molecule has 0 aliphatic carbocycles. The number of carbonyl (C=O) groups is 4. The van der Waals surface area contributed by atoms with E-state index in [9.17, 15) is 19.2 Å². The van der Waals surface area contributed by atoms with Gasteiger partial charge < -0.3 is 14.8 Å². The molecule has 0 saturated carbocycles. The summed E-state index contributed by atoms with van der Waals surface area (Å²) in [7, 11) is 0. The first-order chi connectivity index (χ1) is 12.8. The molecule has 0 heterocycles. The molecule has 0 unspecified atom stereocenters. The molecule has 1 aromatic carbocycles. The second-order valence-corrected chi connectivity index (χ2v) is 5.87. The van der Waals surface area contributed by atoms with E-state index in [1.807, 2.05) is 13.8 Å². The summed E-state index contributed by atoms with van der Waals surface area (Å²) >= 11 is 0. The van der Waals surface area contributed by atoms with Gasteiger partial charge in [0, 0.05) is 18.0 Å². The Balaban J connectivity index is 2.30. The first-order valence-electron chi connectivity index (χ1n) is 8.87. The Bertz CT molecular complexity index is 657. The average Bonchev–Trinajstić information content (AvgIpc) is 2.65. The first-order valence-corrected chi connectivity index (χ1v) is 8.87. The van der Waals surface area contributed by atoms with Crippen LogP contribution in [0.1, 0.15) is 50.4 Å². The van der Waals surface area contributed by atoms with Crippen molar-refractivity contribution in [3.63, 3.8) is 0 Å². The number of hydrogen-bond acceptors (Lipinski definition) is 6. The Kier molecular flexibility index (Phi) is 9.57. The fourth-order valence-corrected chi connectivity index (χ4v) is 2.01. The number of imide groups is 1. The summed E-state index contributed by atoms with van der Waals surface area (Å²) in [5, 5.41) is 4.62. The summed E-state index contributed by atoms with van der Waals surface area (Å²) in [6.45, 7) is 5.51. The highest BCUT2D eigenvalue weighted by Gasteiger charge is 2.14. The molecule has 3 amide bonds. The van der Waals surface area contributed by atoms with E-state index >= 15 is 0 Å². The molecule has 148 valence electrons. The van der Waals surface area contributed by atoms with Crippen LogP contribution in [-0.4, -0.2) is 42.9 Å². The van der Waals surface area contributed by atoms with Crippen LogP contribution in [0.15, 0.2) is 24.3 Å². The highest BCUT2D eigenvalue weighted by molar-refractivity contribution is 5.98. The van der Waals surface area contributed by atoms with Gasteiger partial charge in [-0.05, 0) is 44.5 Å². The number of amides is 3. The van der Waals surface area contributed by atoms with Gasteiger partial charge in [0.25, 0.3) is 5.91 Å². The second kappa shape index (κ2) is 11.7. The summed E-state index contributed by atoms with van der Waals surface area (Å²) in [4.78, 5) is 46.7. The van der Waals surface area contributed by atoms with E-state index in [0.29, 0.717) is 17.9 Å². The maximum atomic E-state index is 12.1. The molecule has 0 fully saturated rings. The number of carbonyl (C=O) groups excluding carboxylic acids is 4. The fourth-order valence-electron chi connectivity index (χ4n) is 2.01. The van der Waals surface area contributed by atoms with Crippen LogP contribution >= 0.6 is 0 Å². The van der Waals surface area contributed by atoms with Gasteiger partial charge in [-0.15, -0.1) is 0 Å². The Morgan fingerprint density at radius 1 is 1.04 bits per heavy atom. The molecule has 0 spiro atoms. The minimum atomic E-state index is -0.734. The molecule has 1 atom stereocenters. The number of ketones is 1. The molecule has 0 saturated heterocycles. The van der Waals surface area contributed by atoms with Crippen LogP contribution in [0.25, 0.3) is 0 Å². The number of hydrogen-bond donors (Lipinski definition) is 2. The molecule has 0 aliphatic heterocycles. The molecule has 0 radical (unpaired) electrons. The standard InChI is InChI=1S/C19H26N2O6/c1-4-13(3)20-19(25)21-17(23)12-27-18(24)11-10-16(22)14-6-8-15(9-7-14)26-5-2/h6-9,13H,4-5,10-12H2,1-3H3,(H2,20,21,23,25)/t13-/m1/s1. The van der Waals surface area contributed by atoms with E-state index in [0.717, 1.165) is 6.42 Å². The van der Waals surface area contributed by atoms with Gasteiger partial charge in [-0.3, -0.25) is 19.7 Å². The number of benzene rings is 1. The third-order valence-corrected chi connectivity index (χ3v) is 3.65. The van der Waals surface area contributed by atoms with Crippen molar-refractivity contribution < 1.29 is 28.7 Å². The summed E-state index contributed by atoms with van der Waals surface area (Å²) in [5.41, 5.74) is 0.464. The maximum absolute atomic E-state index is 12.1. The molecule has 27 heavy (non-hydrogen) atoms. The third kappa shape index (κ3) is 8.84. The highest BCUT2D eigenvalue weighted by atomic mass is 16.5.